The monoisotopic (exact) mass is 361 g/mol. The van der Waals surface area contributed by atoms with Gasteiger partial charge in [-0.25, -0.2) is 0 Å². The molecular weight excluding hydrogens is 334 g/mol. The molecule has 1 aromatic rings. The van der Waals surface area contributed by atoms with Gasteiger partial charge in [0.05, 0.1) is 13.2 Å². The number of carbonyl (C=O) groups is 2. The first-order valence-corrected chi connectivity index (χ1v) is 9.26. The van der Waals surface area contributed by atoms with Gasteiger partial charge in [0, 0.05) is 38.3 Å². The molecule has 1 aromatic heterocycles. The molecule has 0 aromatic carbocycles. The number of aromatic amines is 1. The molecule has 1 saturated carbocycles. The summed E-state index contributed by atoms with van der Waals surface area (Å²) in [6.45, 7) is 5.82. The summed E-state index contributed by atoms with van der Waals surface area (Å²) < 4.78 is 4.94. The third-order valence-corrected chi connectivity index (χ3v) is 5.26. The number of methoxy groups -OCH3 is 1. The molecule has 7 nitrogen and oxygen atoms in total. The summed E-state index contributed by atoms with van der Waals surface area (Å²) in [5.74, 6) is 0.898. The third kappa shape index (κ3) is 3.92. The Kier molecular flexibility index (Phi) is 5.34. The van der Waals surface area contributed by atoms with E-state index in [-0.39, 0.29) is 40.6 Å². The number of amides is 2. The van der Waals surface area contributed by atoms with Crippen molar-refractivity contribution in [3.05, 3.63) is 28.2 Å². The van der Waals surface area contributed by atoms with Gasteiger partial charge in [-0.1, -0.05) is 13.8 Å². The predicted octanol–water partition coefficient (Wildman–Crippen LogP) is 1.49. The van der Waals surface area contributed by atoms with Crippen molar-refractivity contribution in [1.82, 2.24) is 14.8 Å². The fourth-order valence-electron chi connectivity index (χ4n) is 3.46. The number of ether oxygens (including phenoxy) is 1. The molecule has 0 unspecified atom stereocenters. The van der Waals surface area contributed by atoms with Crippen LogP contribution in [0.5, 0.6) is 5.75 Å². The summed E-state index contributed by atoms with van der Waals surface area (Å²) in [4.78, 5) is 44.0. The number of hydrogen-bond donors (Lipinski definition) is 1. The van der Waals surface area contributed by atoms with Crippen LogP contribution in [-0.4, -0.2) is 59.4 Å². The van der Waals surface area contributed by atoms with E-state index in [9.17, 15) is 14.4 Å². The molecule has 7 heteroatoms. The van der Waals surface area contributed by atoms with Gasteiger partial charge in [0.15, 0.2) is 5.75 Å². The average Bonchev–Trinajstić information content (AvgIpc) is 3.44. The van der Waals surface area contributed by atoms with Crippen molar-refractivity contribution >= 4 is 11.8 Å². The van der Waals surface area contributed by atoms with Crippen LogP contribution in [0.3, 0.4) is 0 Å². The molecule has 1 aliphatic heterocycles. The standard InChI is InChI=1S/C19H27N3O4/c1-12(2)15-11-21(7-6-18(24)22(15)10-13-4-5-13)19(25)14-8-16(23)17(26-3)9-20-14/h8-9,12-13,15H,4-7,10-11H2,1-3H3,(H,20,23)/t15-/m0/s1. The Balaban J connectivity index is 1.81. The van der Waals surface area contributed by atoms with E-state index in [0.717, 1.165) is 6.54 Å². The van der Waals surface area contributed by atoms with Crippen LogP contribution in [0.25, 0.3) is 0 Å². The summed E-state index contributed by atoms with van der Waals surface area (Å²) in [6.07, 6.45) is 4.09. The lowest BCUT2D eigenvalue weighted by atomic mass is 10.0. The SMILES string of the molecule is COc1c[nH]c(C(=O)N2CCC(=O)N(CC3CC3)[C@H](C(C)C)C2)cc1=O. The number of H-pyrrole nitrogens is 1. The second-order valence-electron chi connectivity index (χ2n) is 7.58. The Labute approximate surface area is 153 Å². The Morgan fingerprint density at radius 1 is 1.35 bits per heavy atom. The van der Waals surface area contributed by atoms with Crippen molar-refractivity contribution < 1.29 is 14.3 Å². The first kappa shape index (κ1) is 18.5. The first-order valence-electron chi connectivity index (χ1n) is 9.26. The van der Waals surface area contributed by atoms with E-state index >= 15 is 0 Å². The van der Waals surface area contributed by atoms with Gasteiger partial charge in [-0.05, 0) is 24.7 Å². The maximum Gasteiger partial charge on any atom is 0.270 e. The topological polar surface area (TPSA) is 82.7 Å². The average molecular weight is 361 g/mol. The number of nitrogens with zero attached hydrogens (tertiary/aromatic N) is 2. The molecule has 26 heavy (non-hydrogen) atoms. The molecule has 3 rings (SSSR count). The molecule has 1 N–H and O–H groups in total. The van der Waals surface area contributed by atoms with Gasteiger partial charge in [0.25, 0.3) is 5.91 Å². The number of rotatable bonds is 5. The lowest BCUT2D eigenvalue weighted by molar-refractivity contribution is -0.133. The lowest BCUT2D eigenvalue weighted by Gasteiger charge is -2.34. The molecule has 2 fully saturated rings. The van der Waals surface area contributed by atoms with Crippen molar-refractivity contribution in [3.63, 3.8) is 0 Å². The van der Waals surface area contributed by atoms with Crippen molar-refractivity contribution in [2.24, 2.45) is 11.8 Å². The maximum absolute atomic E-state index is 12.9. The van der Waals surface area contributed by atoms with Gasteiger partial charge >= 0.3 is 0 Å². The zero-order valence-corrected chi connectivity index (χ0v) is 15.7. The van der Waals surface area contributed by atoms with Gasteiger partial charge in [-0.2, -0.15) is 0 Å². The Morgan fingerprint density at radius 2 is 2.08 bits per heavy atom. The van der Waals surface area contributed by atoms with Crippen molar-refractivity contribution in [1.29, 1.82) is 0 Å². The minimum absolute atomic E-state index is 0.000444. The van der Waals surface area contributed by atoms with Crippen LogP contribution in [0.2, 0.25) is 0 Å². The van der Waals surface area contributed by atoms with Crippen LogP contribution in [0.1, 0.15) is 43.6 Å². The summed E-state index contributed by atoms with van der Waals surface area (Å²) in [5.41, 5.74) is -0.113. The summed E-state index contributed by atoms with van der Waals surface area (Å²) in [5, 5.41) is 0. The smallest absolute Gasteiger partial charge is 0.270 e. The largest absolute Gasteiger partial charge is 0.491 e. The minimum atomic E-state index is -0.337. The lowest BCUT2D eigenvalue weighted by Crippen LogP contribution is -2.48. The molecule has 0 bridgehead atoms. The van der Waals surface area contributed by atoms with E-state index in [1.54, 1.807) is 4.90 Å². The zero-order chi connectivity index (χ0) is 18.8. The molecule has 2 heterocycles. The number of aromatic nitrogens is 1. The fourth-order valence-corrected chi connectivity index (χ4v) is 3.46. The second-order valence-corrected chi connectivity index (χ2v) is 7.58. The number of carbonyl (C=O) groups excluding carboxylic acids is 2. The highest BCUT2D eigenvalue weighted by atomic mass is 16.5. The quantitative estimate of drug-likeness (QED) is 0.861. The van der Waals surface area contributed by atoms with Gasteiger partial charge in [-0.15, -0.1) is 0 Å². The van der Waals surface area contributed by atoms with E-state index in [2.05, 4.69) is 18.8 Å². The van der Waals surface area contributed by atoms with E-state index in [4.69, 9.17) is 4.74 Å². The van der Waals surface area contributed by atoms with E-state index in [1.165, 1.54) is 32.2 Å². The number of pyridine rings is 1. The maximum atomic E-state index is 12.9. The van der Waals surface area contributed by atoms with Crippen molar-refractivity contribution in [2.45, 2.75) is 39.2 Å². The highest BCUT2D eigenvalue weighted by Gasteiger charge is 2.36. The van der Waals surface area contributed by atoms with Crippen LogP contribution < -0.4 is 10.2 Å². The van der Waals surface area contributed by atoms with Crippen LogP contribution in [0, 0.1) is 11.8 Å². The summed E-state index contributed by atoms with van der Waals surface area (Å²) in [7, 11) is 1.41. The molecule has 142 valence electrons. The molecular formula is C19H27N3O4. The van der Waals surface area contributed by atoms with Crippen molar-refractivity contribution in [2.75, 3.05) is 26.7 Å². The molecule has 1 aliphatic carbocycles. The Morgan fingerprint density at radius 3 is 2.65 bits per heavy atom. The molecule has 2 amide bonds. The third-order valence-electron chi connectivity index (χ3n) is 5.26. The van der Waals surface area contributed by atoms with Gasteiger partial charge in [-0.3, -0.25) is 14.4 Å². The molecule has 0 radical (unpaired) electrons. The van der Waals surface area contributed by atoms with Crippen LogP contribution in [0.4, 0.5) is 0 Å². The molecule has 0 spiro atoms. The highest BCUT2D eigenvalue weighted by Crippen LogP contribution is 2.32. The first-order chi connectivity index (χ1) is 12.4. The number of nitrogens with one attached hydrogen (secondary N) is 1. The molecule has 1 atom stereocenters. The Hall–Kier alpha value is -2.31. The van der Waals surface area contributed by atoms with Gasteiger partial charge in [0.1, 0.15) is 5.69 Å². The van der Waals surface area contributed by atoms with E-state index < -0.39 is 0 Å². The highest BCUT2D eigenvalue weighted by molar-refractivity contribution is 5.93. The fraction of sp³-hybridized carbons (Fsp3) is 0.632. The van der Waals surface area contributed by atoms with E-state index in [0.29, 0.717) is 25.4 Å². The van der Waals surface area contributed by atoms with Gasteiger partial charge in [0.2, 0.25) is 11.3 Å². The molecule has 1 saturated heterocycles. The van der Waals surface area contributed by atoms with Crippen LogP contribution >= 0.6 is 0 Å². The minimum Gasteiger partial charge on any atom is -0.491 e. The predicted molar refractivity (Wildman–Crippen MR) is 97.2 cm³/mol. The Bertz CT molecular complexity index is 739. The van der Waals surface area contributed by atoms with Crippen LogP contribution in [-0.2, 0) is 4.79 Å². The summed E-state index contributed by atoms with van der Waals surface area (Å²) >= 11 is 0. The summed E-state index contributed by atoms with van der Waals surface area (Å²) in [6, 6.07) is 1.26. The van der Waals surface area contributed by atoms with Crippen LogP contribution in [0.15, 0.2) is 17.1 Å². The number of hydrogen-bond acceptors (Lipinski definition) is 4. The normalized spacial score (nSPS) is 21.1. The van der Waals surface area contributed by atoms with Crippen molar-refractivity contribution in [3.8, 4) is 5.75 Å². The zero-order valence-electron chi connectivity index (χ0n) is 15.7. The van der Waals surface area contributed by atoms with E-state index in [1.807, 2.05) is 4.90 Å². The second kappa shape index (κ2) is 7.51. The van der Waals surface area contributed by atoms with Gasteiger partial charge < -0.3 is 19.5 Å². The molecule has 2 aliphatic rings.